The van der Waals surface area contributed by atoms with Gasteiger partial charge in [0.2, 0.25) is 0 Å². The quantitative estimate of drug-likeness (QED) is 0.647. The Balaban J connectivity index is 0.000000160. The predicted molar refractivity (Wildman–Crippen MR) is 71.8 cm³/mol. The molecule has 0 saturated carbocycles. The number of hydrogen-bond donors (Lipinski definition) is 0. The molecule has 0 unspecified atom stereocenters. The zero-order valence-electron chi connectivity index (χ0n) is 7.61. The van der Waals surface area contributed by atoms with Crippen molar-refractivity contribution in [2.24, 2.45) is 0 Å². The lowest BCUT2D eigenvalue weighted by atomic mass is 10.6. The lowest BCUT2D eigenvalue weighted by Gasteiger charge is -1.84. The minimum absolute atomic E-state index is 0.356. The van der Waals surface area contributed by atoms with Gasteiger partial charge in [0, 0.05) is 0 Å². The van der Waals surface area contributed by atoms with Gasteiger partial charge < -0.3 is 0 Å². The zero-order valence-corrected chi connectivity index (χ0v) is 12.0. The molecule has 0 aliphatic heterocycles. The second-order valence-electron chi connectivity index (χ2n) is 2.36. The molecule has 4 nitrogen and oxygen atoms in total. The Morgan fingerprint density at radius 1 is 0.688 bits per heavy atom. The summed E-state index contributed by atoms with van der Waals surface area (Å²) < 4.78 is 0.854. The van der Waals surface area contributed by atoms with Crippen LogP contribution in [0, 0.1) is 3.70 Å². The SMILES string of the molecule is Clc1ccc(Cl)nn1.Clc1ccc(I)nn1. The summed E-state index contributed by atoms with van der Waals surface area (Å²) in [5.74, 6) is 0. The molecule has 0 aliphatic rings. The molecule has 0 radical (unpaired) electrons. The van der Waals surface area contributed by atoms with E-state index < -0.39 is 0 Å². The summed E-state index contributed by atoms with van der Waals surface area (Å²) in [7, 11) is 0. The number of hydrogen-bond acceptors (Lipinski definition) is 4. The number of halogens is 4. The first-order valence-corrected chi connectivity index (χ1v) is 6.08. The lowest BCUT2D eigenvalue weighted by Crippen LogP contribution is -1.82. The van der Waals surface area contributed by atoms with Gasteiger partial charge >= 0.3 is 0 Å². The molecule has 0 amide bonds. The van der Waals surface area contributed by atoms with E-state index in [0.717, 1.165) is 3.70 Å². The highest BCUT2D eigenvalue weighted by Gasteiger charge is 1.87. The average Bonchev–Trinajstić information content (AvgIpc) is 2.28. The lowest BCUT2D eigenvalue weighted by molar-refractivity contribution is 1.00. The molecule has 2 heterocycles. The van der Waals surface area contributed by atoms with Gasteiger partial charge in [0.1, 0.15) is 3.70 Å². The maximum atomic E-state index is 5.43. The van der Waals surface area contributed by atoms with Crippen molar-refractivity contribution < 1.29 is 0 Å². The van der Waals surface area contributed by atoms with Crippen molar-refractivity contribution in [1.29, 1.82) is 0 Å². The van der Waals surface area contributed by atoms with Gasteiger partial charge in [-0.05, 0) is 46.9 Å². The highest BCUT2D eigenvalue weighted by atomic mass is 127. The van der Waals surface area contributed by atoms with E-state index in [0.29, 0.717) is 15.5 Å². The van der Waals surface area contributed by atoms with E-state index >= 15 is 0 Å². The summed E-state index contributed by atoms with van der Waals surface area (Å²) in [5, 5.41) is 15.3. The molecular formula is C8H4Cl3IN4. The second kappa shape index (κ2) is 7.16. The van der Waals surface area contributed by atoms with Crippen LogP contribution in [0.15, 0.2) is 24.3 Å². The van der Waals surface area contributed by atoms with E-state index in [-0.39, 0.29) is 0 Å². The average molecular weight is 389 g/mol. The predicted octanol–water partition coefficient (Wildman–Crippen LogP) is 3.52. The van der Waals surface area contributed by atoms with E-state index in [1.54, 1.807) is 24.3 Å². The first-order valence-electron chi connectivity index (χ1n) is 3.87. The smallest absolute Gasteiger partial charge is 0.143 e. The molecule has 0 spiro atoms. The van der Waals surface area contributed by atoms with Crippen LogP contribution in [0.4, 0.5) is 0 Å². The minimum Gasteiger partial charge on any atom is -0.143 e. The summed E-state index contributed by atoms with van der Waals surface area (Å²) in [4.78, 5) is 0. The van der Waals surface area contributed by atoms with Crippen molar-refractivity contribution in [1.82, 2.24) is 20.4 Å². The molecule has 2 rings (SSSR count). The Morgan fingerprint density at radius 3 is 1.31 bits per heavy atom. The fraction of sp³-hybridized carbons (Fsp3) is 0. The molecule has 0 aliphatic carbocycles. The molecule has 2 aromatic rings. The summed E-state index contributed by atoms with van der Waals surface area (Å²) >= 11 is 18.3. The Morgan fingerprint density at radius 2 is 1.06 bits per heavy atom. The highest BCUT2D eigenvalue weighted by Crippen LogP contribution is 2.05. The standard InChI is InChI=1S/C4H2Cl2N2.C4H2ClIN2/c2*5-3-1-2-4(6)8-7-3/h2*1-2H. The fourth-order valence-corrected chi connectivity index (χ4v) is 1.19. The van der Waals surface area contributed by atoms with E-state index in [9.17, 15) is 0 Å². The molecule has 0 saturated heterocycles. The minimum atomic E-state index is 0.356. The third-order valence-electron chi connectivity index (χ3n) is 1.20. The summed E-state index contributed by atoms with van der Waals surface area (Å²) in [6.07, 6.45) is 0. The van der Waals surface area contributed by atoms with Crippen LogP contribution in [0.2, 0.25) is 15.5 Å². The molecule has 84 valence electrons. The third kappa shape index (κ3) is 5.74. The van der Waals surface area contributed by atoms with Crippen LogP contribution >= 0.6 is 57.4 Å². The number of nitrogens with zero attached hydrogens (tertiary/aromatic N) is 4. The van der Waals surface area contributed by atoms with Crippen molar-refractivity contribution in [3.63, 3.8) is 0 Å². The molecule has 8 heteroatoms. The molecular weight excluding hydrogens is 385 g/mol. The van der Waals surface area contributed by atoms with Gasteiger partial charge in [-0.15, -0.1) is 20.4 Å². The Labute approximate surface area is 120 Å². The summed E-state index contributed by atoms with van der Waals surface area (Å²) in [6.45, 7) is 0. The Hall–Kier alpha value is -0.240. The molecule has 0 N–H and O–H groups in total. The largest absolute Gasteiger partial charge is 0.151 e. The van der Waals surface area contributed by atoms with E-state index in [2.05, 4.69) is 43.0 Å². The van der Waals surface area contributed by atoms with Gasteiger partial charge in [-0.1, -0.05) is 34.8 Å². The van der Waals surface area contributed by atoms with Crippen molar-refractivity contribution in [3.05, 3.63) is 43.4 Å². The third-order valence-corrected chi connectivity index (χ3v) is 2.38. The Kier molecular flexibility index (Phi) is 6.18. The molecule has 0 aromatic carbocycles. The van der Waals surface area contributed by atoms with Crippen molar-refractivity contribution in [2.45, 2.75) is 0 Å². The fourth-order valence-electron chi connectivity index (χ4n) is 0.599. The first kappa shape index (κ1) is 13.8. The molecule has 0 atom stereocenters. The zero-order chi connectivity index (χ0) is 12.0. The summed E-state index contributed by atoms with van der Waals surface area (Å²) in [5.41, 5.74) is 0. The molecule has 16 heavy (non-hydrogen) atoms. The van der Waals surface area contributed by atoms with Crippen LogP contribution in [-0.4, -0.2) is 20.4 Å². The van der Waals surface area contributed by atoms with Crippen molar-refractivity contribution in [2.75, 3.05) is 0 Å². The van der Waals surface area contributed by atoms with Crippen molar-refractivity contribution >= 4 is 57.4 Å². The van der Waals surface area contributed by atoms with Gasteiger partial charge in [0.25, 0.3) is 0 Å². The monoisotopic (exact) mass is 388 g/mol. The molecule has 0 bridgehead atoms. The van der Waals surface area contributed by atoms with Crippen LogP contribution in [-0.2, 0) is 0 Å². The second-order valence-corrected chi connectivity index (χ2v) is 4.62. The van der Waals surface area contributed by atoms with Gasteiger partial charge in [-0.3, -0.25) is 0 Å². The van der Waals surface area contributed by atoms with Crippen molar-refractivity contribution in [3.8, 4) is 0 Å². The van der Waals surface area contributed by atoms with Gasteiger partial charge in [-0.25, -0.2) is 0 Å². The van der Waals surface area contributed by atoms with E-state index in [1.807, 2.05) is 0 Å². The van der Waals surface area contributed by atoms with E-state index in [1.165, 1.54) is 0 Å². The molecule has 2 aromatic heterocycles. The van der Waals surface area contributed by atoms with Gasteiger partial charge in [0.15, 0.2) is 15.5 Å². The molecule has 0 fully saturated rings. The van der Waals surface area contributed by atoms with Crippen LogP contribution in [0.25, 0.3) is 0 Å². The van der Waals surface area contributed by atoms with Crippen LogP contribution in [0.1, 0.15) is 0 Å². The van der Waals surface area contributed by atoms with Crippen LogP contribution < -0.4 is 0 Å². The van der Waals surface area contributed by atoms with Gasteiger partial charge in [-0.2, -0.15) is 0 Å². The normalized spacial score (nSPS) is 9.25. The van der Waals surface area contributed by atoms with E-state index in [4.69, 9.17) is 34.8 Å². The number of aromatic nitrogens is 4. The highest BCUT2D eigenvalue weighted by molar-refractivity contribution is 14.1. The van der Waals surface area contributed by atoms with Crippen LogP contribution in [0.5, 0.6) is 0 Å². The maximum Gasteiger partial charge on any atom is 0.151 e. The summed E-state index contributed by atoms with van der Waals surface area (Å²) in [6, 6.07) is 6.67. The maximum absolute atomic E-state index is 5.43. The first-order chi connectivity index (χ1) is 7.58. The topological polar surface area (TPSA) is 51.6 Å². The van der Waals surface area contributed by atoms with Gasteiger partial charge in [0.05, 0.1) is 0 Å². The van der Waals surface area contributed by atoms with Crippen LogP contribution in [0.3, 0.4) is 0 Å². The Bertz CT molecular complexity index is 349. The number of rotatable bonds is 0.